The van der Waals surface area contributed by atoms with Crippen LogP contribution in [-0.4, -0.2) is 21.3 Å². The Labute approximate surface area is 103 Å². The van der Waals surface area contributed by atoms with Crippen molar-refractivity contribution in [3.05, 3.63) is 20.6 Å². The van der Waals surface area contributed by atoms with Crippen LogP contribution < -0.4 is 0 Å². The molecule has 0 bridgehead atoms. The monoisotopic (exact) mass is 262 g/mol. The molecule has 0 fully saturated rings. The summed E-state index contributed by atoms with van der Waals surface area (Å²) >= 11 is -3.22. The third-order valence-corrected chi connectivity index (χ3v) is 8.59. The van der Waals surface area contributed by atoms with Crippen LogP contribution in [0, 0.1) is 5.92 Å². The first kappa shape index (κ1) is 14.1. The van der Waals surface area contributed by atoms with Gasteiger partial charge in [0.15, 0.2) is 0 Å². The minimum absolute atomic E-state index is 0.375. The van der Waals surface area contributed by atoms with Crippen molar-refractivity contribution < 1.29 is 27.7 Å². The van der Waals surface area contributed by atoms with Crippen LogP contribution >= 0.6 is 0 Å². The van der Waals surface area contributed by atoms with Crippen molar-refractivity contribution in [2.45, 2.75) is 27.7 Å². The Morgan fingerprint density at radius 3 is 1.56 bits per heavy atom. The van der Waals surface area contributed by atoms with E-state index in [9.17, 15) is 0 Å². The van der Waals surface area contributed by atoms with Crippen LogP contribution in [-0.2, 0) is 27.7 Å². The average Bonchev–Trinajstić information content (AvgIpc) is 2.49. The molecule has 0 aromatic heterocycles. The molecular formula is C12H22O3Ti. The number of rotatable bonds is 4. The minimum atomic E-state index is -3.22. The first-order valence-corrected chi connectivity index (χ1v) is 8.19. The standard InChI is InChI=1S/C9H13.3CH3O.Ti/c1-6-5-7(2)9(4)8(6)3;3*1-2;/h6H,1-4H3;3*1H3;/q;3*-1;+3. The van der Waals surface area contributed by atoms with Gasteiger partial charge in [-0.15, -0.1) is 0 Å². The van der Waals surface area contributed by atoms with Crippen LogP contribution in [0.2, 0.25) is 0 Å². The van der Waals surface area contributed by atoms with Gasteiger partial charge in [0.25, 0.3) is 0 Å². The van der Waals surface area contributed by atoms with Crippen molar-refractivity contribution in [1.82, 2.24) is 0 Å². The molecule has 0 aliphatic heterocycles. The predicted molar refractivity (Wildman–Crippen MR) is 61.3 cm³/mol. The van der Waals surface area contributed by atoms with E-state index in [0.717, 1.165) is 0 Å². The molecule has 0 heterocycles. The van der Waals surface area contributed by atoms with E-state index in [1.165, 1.54) is 20.6 Å². The van der Waals surface area contributed by atoms with Crippen LogP contribution in [0.25, 0.3) is 0 Å². The predicted octanol–water partition coefficient (Wildman–Crippen LogP) is 3.08. The third-order valence-electron chi connectivity index (χ3n) is 3.78. The Morgan fingerprint density at radius 1 is 0.875 bits per heavy atom. The molecule has 0 N–H and O–H groups in total. The van der Waals surface area contributed by atoms with Gasteiger partial charge in [0.2, 0.25) is 0 Å². The van der Waals surface area contributed by atoms with E-state index in [-0.39, 0.29) is 0 Å². The molecule has 3 nitrogen and oxygen atoms in total. The van der Waals surface area contributed by atoms with Gasteiger partial charge in [-0.2, -0.15) is 0 Å². The molecule has 1 aliphatic rings. The zero-order chi connectivity index (χ0) is 12.5. The van der Waals surface area contributed by atoms with Crippen molar-refractivity contribution >= 4 is 0 Å². The van der Waals surface area contributed by atoms with Gasteiger partial charge in [0.1, 0.15) is 0 Å². The number of hydrogen-bond donors (Lipinski definition) is 0. The molecule has 1 rings (SSSR count). The van der Waals surface area contributed by atoms with Gasteiger partial charge in [0.05, 0.1) is 0 Å². The molecule has 0 spiro atoms. The molecule has 0 amide bonds. The summed E-state index contributed by atoms with van der Waals surface area (Å²) < 4.78 is 18.1. The molecule has 0 saturated heterocycles. The molecule has 0 aromatic carbocycles. The number of allylic oxidation sites excluding steroid dienone is 4. The van der Waals surface area contributed by atoms with Crippen molar-refractivity contribution in [1.29, 1.82) is 0 Å². The van der Waals surface area contributed by atoms with Gasteiger partial charge in [-0.1, -0.05) is 0 Å². The Kier molecular flexibility index (Phi) is 4.55. The number of hydrogen-bond acceptors (Lipinski definition) is 3. The van der Waals surface area contributed by atoms with Crippen LogP contribution in [0.5, 0.6) is 0 Å². The molecule has 1 aliphatic carbocycles. The van der Waals surface area contributed by atoms with Crippen LogP contribution in [0.4, 0.5) is 0 Å². The first-order valence-electron chi connectivity index (χ1n) is 5.49. The molecule has 16 heavy (non-hydrogen) atoms. The van der Waals surface area contributed by atoms with Gasteiger partial charge in [-0.25, -0.2) is 0 Å². The summed E-state index contributed by atoms with van der Waals surface area (Å²) in [6.45, 7) is 8.66. The summed E-state index contributed by atoms with van der Waals surface area (Å²) in [4.78, 5) is 0. The fourth-order valence-corrected chi connectivity index (χ4v) is 6.43. The normalized spacial score (nSPS) is 22.3. The van der Waals surface area contributed by atoms with Gasteiger partial charge in [0, 0.05) is 0 Å². The van der Waals surface area contributed by atoms with Gasteiger partial charge in [-0.05, 0) is 0 Å². The Morgan fingerprint density at radius 2 is 1.31 bits per heavy atom. The van der Waals surface area contributed by atoms with E-state index in [1.54, 1.807) is 21.3 Å². The molecule has 92 valence electrons. The zero-order valence-corrected chi connectivity index (χ0v) is 12.9. The van der Waals surface area contributed by atoms with Gasteiger partial charge in [-0.3, -0.25) is 0 Å². The summed E-state index contributed by atoms with van der Waals surface area (Å²) in [6, 6.07) is 0. The van der Waals surface area contributed by atoms with E-state index in [4.69, 9.17) is 9.96 Å². The molecule has 0 saturated carbocycles. The molecular weight excluding hydrogens is 240 g/mol. The van der Waals surface area contributed by atoms with E-state index < -0.39 is 17.8 Å². The molecule has 1 unspecified atom stereocenters. The van der Waals surface area contributed by atoms with Crippen molar-refractivity contribution in [2.24, 2.45) is 5.92 Å². The summed E-state index contributed by atoms with van der Waals surface area (Å²) in [5, 5.41) is 0. The van der Waals surface area contributed by atoms with E-state index in [0.29, 0.717) is 5.92 Å². The summed E-state index contributed by atoms with van der Waals surface area (Å²) in [7, 11) is 5.05. The summed E-state index contributed by atoms with van der Waals surface area (Å²) in [5.74, 6) is 0.375. The Hall–Kier alpha value is 0.0743. The molecule has 0 radical (unpaired) electrons. The fraction of sp³-hybridized carbons (Fsp3) is 0.667. The fourth-order valence-electron chi connectivity index (χ4n) is 2.44. The average molecular weight is 262 g/mol. The quantitative estimate of drug-likeness (QED) is 0.729. The topological polar surface area (TPSA) is 27.7 Å². The van der Waals surface area contributed by atoms with Crippen molar-refractivity contribution in [3.8, 4) is 0 Å². The van der Waals surface area contributed by atoms with Gasteiger partial charge >= 0.3 is 103 Å². The van der Waals surface area contributed by atoms with Crippen LogP contribution in [0.1, 0.15) is 27.7 Å². The van der Waals surface area contributed by atoms with Crippen LogP contribution in [0.15, 0.2) is 20.6 Å². The maximum atomic E-state index is 5.62. The second-order valence-corrected chi connectivity index (χ2v) is 8.73. The van der Waals surface area contributed by atoms with Crippen molar-refractivity contribution in [3.63, 3.8) is 0 Å². The van der Waals surface area contributed by atoms with E-state index in [1.807, 2.05) is 0 Å². The summed E-state index contributed by atoms with van der Waals surface area (Å²) in [6.07, 6.45) is 0. The molecule has 4 heteroatoms. The first-order chi connectivity index (χ1) is 7.45. The SMILES string of the molecule is C[O][Ti]([O]C)([O]C)[C]1=C(C)C(C)=C(C)C1C. The summed E-state index contributed by atoms with van der Waals surface area (Å²) in [5.41, 5.74) is 4.04. The molecule has 1 atom stereocenters. The Balaban J connectivity index is 3.25. The van der Waals surface area contributed by atoms with E-state index in [2.05, 4.69) is 27.7 Å². The second kappa shape index (κ2) is 5.15. The maximum absolute atomic E-state index is 5.62. The zero-order valence-electron chi connectivity index (χ0n) is 11.3. The third kappa shape index (κ3) is 1.96. The van der Waals surface area contributed by atoms with Gasteiger partial charge < -0.3 is 0 Å². The van der Waals surface area contributed by atoms with Crippen molar-refractivity contribution in [2.75, 3.05) is 21.3 Å². The van der Waals surface area contributed by atoms with Crippen LogP contribution in [0.3, 0.4) is 0 Å². The van der Waals surface area contributed by atoms with E-state index >= 15 is 0 Å². The second-order valence-electron chi connectivity index (χ2n) is 4.24. The Bertz CT molecular complexity index is 332. The molecule has 0 aromatic rings.